The third-order valence-corrected chi connectivity index (χ3v) is 3.44. The van der Waals surface area contributed by atoms with E-state index in [-0.39, 0.29) is 0 Å². The second kappa shape index (κ2) is 8.82. The van der Waals surface area contributed by atoms with Crippen molar-refractivity contribution in [3.63, 3.8) is 0 Å². The monoisotopic (exact) mass is 278 g/mol. The zero-order chi connectivity index (χ0) is 14.0. The summed E-state index contributed by atoms with van der Waals surface area (Å²) in [5, 5.41) is 3.43. The van der Waals surface area contributed by atoms with Crippen molar-refractivity contribution in [1.29, 1.82) is 0 Å². The lowest BCUT2D eigenvalue weighted by atomic mass is 10.2. The second-order valence-electron chi connectivity index (χ2n) is 4.96. The molecule has 0 aromatic heterocycles. The largest absolute Gasteiger partial charge is 0.491 e. The molecule has 1 aromatic carbocycles. The maximum atomic E-state index is 5.94. The van der Waals surface area contributed by atoms with Gasteiger partial charge in [0.1, 0.15) is 5.75 Å². The van der Waals surface area contributed by atoms with Crippen LogP contribution in [-0.4, -0.2) is 46.0 Å². The summed E-state index contributed by atoms with van der Waals surface area (Å²) >= 11 is 0. The summed E-state index contributed by atoms with van der Waals surface area (Å²) in [6, 6.07) is 8.34. The molecule has 112 valence electrons. The molecule has 1 aliphatic rings. The van der Waals surface area contributed by atoms with Gasteiger partial charge in [-0.25, -0.2) is 0 Å². The van der Waals surface area contributed by atoms with Gasteiger partial charge in [-0.05, 0) is 32.0 Å². The van der Waals surface area contributed by atoms with Gasteiger partial charge in [-0.15, -0.1) is 0 Å². The van der Waals surface area contributed by atoms with E-state index in [0.29, 0.717) is 6.61 Å². The predicted octanol–water partition coefficient (Wildman–Crippen LogP) is 2.29. The van der Waals surface area contributed by atoms with Gasteiger partial charge in [0.15, 0.2) is 0 Å². The Bertz CT molecular complexity index is 376. The molecule has 1 aliphatic heterocycles. The second-order valence-corrected chi connectivity index (χ2v) is 4.96. The Balaban J connectivity index is 1.91. The summed E-state index contributed by atoms with van der Waals surface area (Å²) in [6.45, 7) is 8.55. The summed E-state index contributed by atoms with van der Waals surface area (Å²) in [4.78, 5) is 2.41. The minimum absolute atomic E-state index is 0.711. The van der Waals surface area contributed by atoms with E-state index in [1.807, 2.05) is 13.0 Å². The van der Waals surface area contributed by atoms with Crippen LogP contribution in [0.1, 0.15) is 19.8 Å². The van der Waals surface area contributed by atoms with Crippen LogP contribution in [0, 0.1) is 0 Å². The summed E-state index contributed by atoms with van der Waals surface area (Å²) in [6.07, 6.45) is 2.11. The number of ether oxygens (including phenoxy) is 2. The zero-order valence-corrected chi connectivity index (χ0v) is 12.4. The standard InChI is InChI=1S/C16H26N2O2/c1-2-19-13-6-14-20-16-8-4-3-7-15(16)18-11-5-9-17-10-12-18/h3-4,7-8,17H,2,5-6,9-14H2,1H3. The molecule has 1 aromatic rings. The highest BCUT2D eigenvalue weighted by Crippen LogP contribution is 2.28. The number of anilines is 1. The fourth-order valence-corrected chi connectivity index (χ4v) is 2.41. The quantitative estimate of drug-likeness (QED) is 0.776. The molecule has 1 N–H and O–H groups in total. The van der Waals surface area contributed by atoms with E-state index in [2.05, 4.69) is 28.4 Å². The van der Waals surface area contributed by atoms with Gasteiger partial charge < -0.3 is 19.7 Å². The van der Waals surface area contributed by atoms with E-state index < -0.39 is 0 Å². The van der Waals surface area contributed by atoms with Gasteiger partial charge in [-0.2, -0.15) is 0 Å². The van der Waals surface area contributed by atoms with E-state index >= 15 is 0 Å². The van der Waals surface area contributed by atoms with E-state index in [4.69, 9.17) is 9.47 Å². The highest BCUT2D eigenvalue weighted by molar-refractivity contribution is 5.58. The molecule has 0 amide bonds. The maximum absolute atomic E-state index is 5.94. The van der Waals surface area contributed by atoms with Crippen LogP contribution in [-0.2, 0) is 4.74 Å². The molecule has 0 saturated carbocycles. The van der Waals surface area contributed by atoms with E-state index in [9.17, 15) is 0 Å². The minimum Gasteiger partial charge on any atom is -0.491 e. The summed E-state index contributed by atoms with van der Waals surface area (Å²) in [7, 11) is 0. The van der Waals surface area contributed by atoms with Gasteiger partial charge in [-0.3, -0.25) is 0 Å². The molecule has 4 nitrogen and oxygen atoms in total. The molecule has 0 bridgehead atoms. The first-order valence-corrected chi connectivity index (χ1v) is 7.67. The van der Waals surface area contributed by atoms with E-state index in [0.717, 1.165) is 51.6 Å². The minimum atomic E-state index is 0.711. The molecule has 0 spiro atoms. The zero-order valence-electron chi connectivity index (χ0n) is 12.4. The van der Waals surface area contributed by atoms with Crippen molar-refractivity contribution in [3.8, 4) is 5.75 Å². The van der Waals surface area contributed by atoms with Crippen LogP contribution in [0.2, 0.25) is 0 Å². The highest BCUT2D eigenvalue weighted by atomic mass is 16.5. The average molecular weight is 278 g/mol. The first-order valence-electron chi connectivity index (χ1n) is 7.67. The Hall–Kier alpha value is -1.26. The Kier molecular flexibility index (Phi) is 6.68. The Labute approximate surface area is 122 Å². The molecule has 1 fully saturated rings. The topological polar surface area (TPSA) is 33.7 Å². The maximum Gasteiger partial charge on any atom is 0.142 e. The molecule has 4 heteroatoms. The number of nitrogens with one attached hydrogen (secondary N) is 1. The summed E-state index contributed by atoms with van der Waals surface area (Å²) < 4.78 is 11.3. The molecule has 0 atom stereocenters. The van der Waals surface area contributed by atoms with Gasteiger partial charge in [0, 0.05) is 39.3 Å². The van der Waals surface area contributed by atoms with Crippen molar-refractivity contribution in [2.24, 2.45) is 0 Å². The lowest BCUT2D eigenvalue weighted by molar-refractivity contribution is 0.131. The lowest BCUT2D eigenvalue weighted by Gasteiger charge is -2.24. The van der Waals surface area contributed by atoms with Crippen LogP contribution in [0.25, 0.3) is 0 Å². The lowest BCUT2D eigenvalue weighted by Crippen LogP contribution is -2.28. The van der Waals surface area contributed by atoms with E-state index in [1.165, 1.54) is 12.1 Å². The van der Waals surface area contributed by atoms with Gasteiger partial charge in [0.2, 0.25) is 0 Å². The van der Waals surface area contributed by atoms with Crippen molar-refractivity contribution in [2.75, 3.05) is 50.9 Å². The summed E-state index contributed by atoms with van der Waals surface area (Å²) in [5.41, 5.74) is 1.22. The number of nitrogens with zero attached hydrogens (tertiary/aromatic N) is 1. The van der Waals surface area contributed by atoms with Crippen molar-refractivity contribution in [2.45, 2.75) is 19.8 Å². The van der Waals surface area contributed by atoms with Crippen LogP contribution in [0.4, 0.5) is 5.69 Å². The average Bonchev–Trinajstić information content (AvgIpc) is 2.76. The van der Waals surface area contributed by atoms with Gasteiger partial charge >= 0.3 is 0 Å². The van der Waals surface area contributed by atoms with Gasteiger partial charge in [0.05, 0.1) is 12.3 Å². The molecule has 2 rings (SSSR count). The number of para-hydroxylation sites is 2. The van der Waals surface area contributed by atoms with Gasteiger partial charge in [0.25, 0.3) is 0 Å². The third-order valence-electron chi connectivity index (χ3n) is 3.44. The normalized spacial score (nSPS) is 15.9. The first kappa shape index (κ1) is 15.1. The van der Waals surface area contributed by atoms with Crippen molar-refractivity contribution >= 4 is 5.69 Å². The van der Waals surface area contributed by atoms with Crippen molar-refractivity contribution < 1.29 is 9.47 Å². The van der Waals surface area contributed by atoms with Crippen LogP contribution >= 0.6 is 0 Å². The fraction of sp³-hybridized carbons (Fsp3) is 0.625. The Morgan fingerprint density at radius 1 is 1.15 bits per heavy atom. The molecule has 0 unspecified atom stereocenters. The Morgan fingerprint density at radius 2 is 2.05 bits per heavy atom. The van der Waals surface area contributed by atoms with Crippen molar-refractivity contribution in [3.05, 3.63) is 24.3 Å². The van der Waals surface area contributed by atoms with Crippen LogP contribution in [0.5, 0.6) is 5.75 Å². The number of hydrogen-bond donors (Lipinski definition) is 1. The fourth-order valence-electron chi connectivity index (χ4n) is 2.41. The highest BCUT2D eigenvalue weighted by Gasteiger charge is 2.13. The molecule has 20 heavy (non-hydrogen) atoms. The Morgan fingerprint density at radius 3 is 2.95 bits per heavy atom. The van der Waals surface area contributed by atoms with Crippen LogP contribution in [0.3, 0.4) is 0 Å². The SMILES string of the molecule is CCOCCCOc1ccccc1N1CCCNCC1. The molecule has 0 radical (unpaired) electrons. The van der Waals surface area contributed by atoms with Gasteiger partial charge in [-0.1, -0.05) is 12.1 Å². The third kappa shape index (κ3) is 4.69. The smallest absolute Gasteiger partial charge is 0.142 e. The molecule has 1 heterocycles. The summed E-state index contributed by atoms with van der Waals surface area (Å²) in [5.74, 6) is 0.992. The number of hydrogen-bond acceptors (Lipinski definition) is 4. The number of benzene rings is 1. The van der Waals surface area contributed by atoms with Crippen LogP contribution < -0.4 is 15.0 Å². The first-order chi connectivity index (χ1) is 9.92. The van der Waals surface area contributed by atoms with Crippen molar-refractivity contribution in [1.82, 2.24) is 5.32 Å². The molecular weight excluding hydrogens is 252 g/mol. The van der Waals surface area contributed by atoms with E-state index in [1.54, 1.807) is 0 Å². The molecular formula is C16H26N2O2. The van der Waals surface area contributed by atoms with Crippen LogP contribution in [0.15, 0.2) is 24.3 Å². The molecule has 1 saturated heterocycles. The molecule has 0 aliphatic carbocycles. The predicted molar refractivity (Wildman–Crippen MR) is 82.7 cm³/mol. The number of rotatable bonds is 7.